The van der Waals surface area contributed by atoms with Gasteiger partial charge in [0, 0.05) is 11.1 Å². The lowest BCUT2D eigenvalue weighted by Gasteiger charge is -2.12. The third kappa shape index (κ3) is 5.48. The molecule has 3 aromatic rings. The standard InChI is InChI=1S/C23H14ClN3O7S/c24-16-5-1-15(2-6-16)13-25-22(28)21(35-23(25)29)11-14-3-8-18(9-4-14)34-20-10-7-17(26(30)31)12-19(20)27(32)33/h1-12H,13H2/b21-11+. The molecular formula is C23H14ClN3O7S. The number of amides is 2. The van der Waals surface area contributed by atoms with Crippen molar-refractivity contribution in [3.63, 3.8) is 0 Å². The molecule has 1 aliphatic rings. The Morgan fingerprint density at radius 2 is 1.63 bits per heavy atom. The van der Waals surface area contributed by atoms with Crippen molar-refractivity contribution in [3.8, 4) is 11.5 Å². The third-order valence-corrected chi connectivity index (χ3v) is 6.04. The summed E-state index contributed by atoms with van der Waals surface area (Å²) in [5.41, 5.74) is 0.398. The lowest BCUT2D eigenvalue weighted by atomic mass is 10.2. The quantitative estimate of drug-likeness (QED) is 0.208. The van der Waals surface area contributed by atoms with Gasteiger partial charge in [-0.05, 0) is 59.3 Å². The van der Waals surface area contributed by atoms with Crippen molar-refractivity contribution < 1.29 is 24.2 Å². The number of imide groups is 1. The second-order valence-corrected chi connectivity index (χ2v) is 8.66. The van der Waals surface area contributed by atoms with E-state index in [1.807, 2.05) is 0 Å². The van der Waals surface area contributed by atoms with Crippen molar-refractivity contribution in [2.45, 2.75) is 6.54 Å². The molecule has 2 amide bonds. The third-order valence-electron chi connectivity index (χ3n) is 4.88. The summed E-state index contributed by atoms with van der Waals surface area (Å²) < 4.78 is 5.53. The number of hydrogen-bond acceptors (Lipinski definition) is 8. The number of carbonyl (C=O) groups excluding carboxylic acids is 2. The molecule has 35 heavy (non-hydrogen) atoms. The van der Waals surface area contributed by atoms with Crippen molar-refractivity contribution in [1.82, 2.24) is 4.90 Å². The summed E-state index contributed by atoms with van der Waals surface area (Å²) in [5.74, 6) is -0.330. The van der Waals surface area contributed by atoms with E-state index in [1.54, 1.807) is 42.5 Å². The molecule has 0 spiro atoms. The Morgan fingerprint density at radius 3 is 2.26 bits per heavy atom. The first-order chi connectivity index (χ1) is 16.7. The Balaban J connectivity index is 1.48. The molecule has 0 aromatic heterocycles. The summed E-state index contributed by atoms with van der Waals surface area (Å²) in [4.78, 5) is 47.1. The van der Waals surface area contributed by atoms with E-state index in [0.29, 0.717) is 10.6 Å². The monoisotopic (exact) mass is 511 g/mol. The van der Waals surface area contributed by atoms with Gasteiger partial charge in [-0.2, -0.15) is 0 Å². The molecule has 10 nitrogen and oxygen atoms in total. The van der Waals surface area contributed by atoms with Crippen LogP contribution in [0.15, 0.2) is 71.6 Å². The number of nitrogens with zero attached hydrogens (tertiary/aromatic N) is 3. The number of rotatable bonds is 7. The Labute approximate surface area is 207 Å². The maximum absolute atomic E-state index is 12.7. The average Bonchev–Trinajstić information content (AvgIpc) is 3.09. The van der Waals surface area contributed by atoms with Crippen molar-refractivity contribution in [2.75, 3.05) is 0 Å². The predicted octanol–water partition coefficient (Wildman–Crippen LogP) is 6.19. The summed E-state index contributed by atoms with van der Waals surface area (Å²) in [5, 5.41) is 22.3. The summed E-state index contributed by atoms with van der Waals surface area (Å²) in [6.07, 6.45) is 1.56. The van der Waals surface area contributed by atoms with E-state index >= 15 is 0 Å². The minimum absolute atomic E-state index is 0.125. The number of benzene rings is 3. The molecule has 176 valence electrons. The SMILES string of the molecule is O=C1S/C(=C/c2ccc(Oc3ccc([N+](=O)[O-])cc3[N+](=O)[O-])cc2)C(=O)N1Cc1ccc(Cl)cc1. The molecular weight excluding hydrogens is 498 g/mol. The van der Waals surface area contributed by atoms with Crippen molar-refractivity contribution in [2.24, 2.45) is 0 Å². The number of nitro groups is 2. The zero-order valence-electron chi connectivity index (χ0n) is 17.6. The van der Waals surface area contributed by atoms with E-state index in [9.17, 15) is 29.8 Å². The van der Waals surface area contributed by atoms with E-state index in [1.165, 1.54) is 12.1 Å². The largest absolute Gasteiger partial charge is 0.450 e. The van der Waals surface area contributed by atoms with Crippen LogP contribution in [0.2, 0.25) is 5.02 Å². The number of ether oxygens (including phenoxy) is 1. The molecule has 0 unspecified atom stereocenters. The van der Waals surface area contributed by atoms with Crippen LogP contribution in [0, 0.1) is 20.2 Å². The molecule has 4 rings (SSSR count). The van der Waals surface area contributed by atoms with Gasteiger partial charge < -0.3 is 4.74 Å². The topological polar surface area (TPSA) is 133 Å². The van der Waals surface area contributed by atoms with Crippen molar-refractivity contribution >= 4 is 52.0 Å². The molecule has 0 saturated carbocycles. The lowest BCUT2D eigenvalue weighted by Crippen LogP contribution is -2.27. The number of halogens is 1. The van der Waals surface area contributed by atoms with E-state index in [2.05, 4.69) is 0 Å². The highest BCUT2D eigenvalue weighted by atomic mass is 35.5. The maximum atomic E-state index is 12.7. The van der Waals surface area contributed by atoms with Crippen molar-refractivity contribution in [3.05, 3.63) is 108 Å². The van der Waals surface area contributed by atoms with Gasteiger partial charge in [-0.3, -0.25) is 34.7 Å². The Morgan fingerprint density at radius 1 is 0.943 bits per heavy atom. The number of hydrogen-bond donors (Lipinski definition) is 0. The zero-order valence-corrected chi connectivity index (χ0v) is 19.2. The number of non-ortho nitro benzene ring substituents is 1. The van der Waals surface area contributed by atoms with E-state index in [4.69, 9.17) is 16.3 Å². The summed E-state index contributed by atoms with van der Waals surface area (Å²) in [6, 6.07) is 16.2. The first-order valence-electron chi connectivity index (χ1n) is 9.92. The Bertz CT molecular complexity index is 1370. The fourth-order valence-electron chi connectivity index (χ4n) is 3.17. The van der Waals surface area contributed by atoms with E-state index < -0.39 is 27.1 Å². The Hall–Kier alpha value is -4.22. The normalized spacial score (nSPS) is 14.4. The van der Waals surface area contributed by atoms with Gasteiger partial charge in [0.05, 0.1) is 27.4 Å². The fraction of sp³-hybridized carbons (Fsp3) is 0.0435. The van der Waals surface area contributed by atoms with Crippen LogP contribution in [0.5, 0.6) is 11.5 Å². The second-order valence-electron chi connectivity index (χ2n) is 7.23. The first kappa shape index (κ1) is 23.9. The van der Waals surface area contributed by atoms with Crippen LogP contribution in [-0.2, 0) is 11.3 Å². The van der Waals surface area contributed by atoms with E-state index in [0.717, 1.165) is 40.4 Å². The molecule has 0 atom stereocenters. The number of carbonyl (C=O) groups is 2. The van der Waals surface area contributed by atoms with Crippen LogP contribution in [-0.4, -0.2) is 25.9 Å². The van der Waals surface area contributed by atoms with Gasteiger partial charge >= 0.3 is 5.69 Å². The van der Waals surface area contributed by atoms with Crippen LogP contribution >= 0.6 is 23.4 Å². The van der Waals surface area contributed by atoms with E-state index in [-0.39, 0.29) is 28.2 Å². The minimum atomic E-state index is -0.767. The summed E-state index contributed by atoms with van der Waals surface area (Å²) >= 11 is 6.70. The van der Waals surface area contributed by atoms with Gasteiger partial charge in [-0.25, -0.2) is 0 Å². The molecule has 0 bridgehead atoms. The van der Waals surface area contributed by atoms with Crippen LogP contribution in [0.1, 0.15) is 11.1 Å². The van der Waals surface area contributed by atoms with Gasteiger partial charge in [-0.1, -0.05) is 35.9 Å². The maximum Gasteiger partial charge on any atom is 0.318 e. The van der Waals surface area contributed by atoms with Gasteiger partial charge in [0.15, 0.2) is 0 Å². The molecule has 3 aromatic carbocycles. The first-order valence-corrected chi connectivity index (χ1v) is 11.1. The molecule has 0 radical (unpaired) electrons. The van der Waals surface area contributed by atoms with Gasteiger partial charge in [0.25, 0.3) is 16.8 Å². The molecule has 0 aliphatic carbocycles. The summed E-state index contributed by atoms with van der Waals surface area (Å²) in [7, 11) is 0. The molecule has 1 fully saturated rings. The molecule has 1 heterocycles. The number of thioether (sulfide) groups is 1. The smallest absolute Gasteiger partial charge is 0.318 e. The highest BCUT2D eigenvalue weighted by Crippen LogP contribution is 2.36. The molecule has 0 N–H and O–H groups in total. The summed E-state index contributed by atoms with van der Waals surface area (Å²) in [6.45, 7) is 0.125. The van der Waals surface area contributed by atoms with Crippen LogP contribution < -0.4 is 4.74 Å². The number of nitro benzene ring substituents is 2. The van der Waals surface area contributed by atoms with Crippen LogP contribution in [0.3, 0.4) is 0 Å². The highest BCUT2D eigenvalue weighted by Gasteiger charge is 2.35. The van der Waals surface area contributed by atoms with Crippen LogP contribution in [0.4, 0.5) is 16.2 Å². The van der Waals surface area contributed by atoms with Gasteiger partial charge in [0.2, 0.25) is 5.75 Å². The molecule has 1 saturated heterocycles. The van der Waals surface area contributed by atoms with Gasteiger partial charge in [-0.15, -0.1) is 0 Å². The lowest BCUT2D eigenvalue weighted by molar-refractivity contribution is -0.394. The fourth-order valence-corrected chi connectivity index (χ4v) is 4.13. The highest BCUT2D eigenvalue weighted by molar-refractivity contribution is 8.18. The Kier molecular flexibility index (Phi) is 6.80. The second kappa shape index (κ2) is 9.95. The zero-order chi connectivity index (χ0) is 25.1. The van der Waals surface area contributed by atoms with Crippen molar-refractivity contribution in [1.29, 1.82) is 0 Å². The molecule has 12 heteroatoms. The van der Waals surface area contributed by atoms with Gasteiger partial charge in [0.1, 0.15) is 5.75 Å². The van der Waals surface area contributed by atoms with Crippen LogP contribution in [0.25, 0.3) is 6.08 Å². The predicted molar refractivity (Wildman–Crippen MR) is 129 cm³/mol. The molecule has 1 aliphatic heterocycles. The minimum Gasteiger partial charge on any atom is -0.450 e. The average molecular weight is 512 g/mol.